The minimum atomic E-state index is -0.0643. The fourth-order valence-corrected chi connectivity index (χ4v) is 1.54. The molecule has 0 spiro atoms. The van der Waals surface area contributed by atoms with E-state index in [4.69, 9.17) is 0 Å². The maximum Gasteiger partial charge on any atom is 0.251 e. The highest BCUT2D eigenvalue weighted by atomic mass is 16.1. The number of H-pyrrole nitrogens is 1. The van der Waals surface area contributed by atoms with Gasteiger partial charge in [0, 0.05) is 23.4 Å². The average Bonchev–Trinajstić information content (AvgIpc) is 2.73. The Hall–Kier alpha value is -2.10. The summed E-state index contributed by atoms with van der Waals surface area (Å²) in [5.41, 5.74) is 3.81. The Bertz CT molecular complexity index is 514. The Kier molecular flexibility index (Phi) is 3.23. The molecule has 17 heavy (non-hydrogen) atoms. The van der Waals surface area contributed by atoms with Gasteiger partial charge in [0.05, 0.1) is 6.20 Å². The van der Waals surface area contributed by atoms with Crippen molar-refractivity contribution in [3.05, 3.63) is 52.8 Å². The lowest BCUT2D eigenvalue weighted by atomic mass is 10.1. The van der Waals surface area contributed by atoms with Gasteiger partial charge in [-0.15, -0.1) is 0 Å². The lowest BCUT2D eigenvalue weighted by molar-refractivity contribution is 0.0951. The van der Waals surface area contributed by atoms with Gasteiger partial charge in [-0.25, -0.2) is 0 Å². The van der Waals surface area contributed by atoms with E-state index in [9.17, 15) is 4.79 Å². The zero-order valence-electron chi connectivity index (χ0n) is 9.95. The van der Waals surface area contributed by atoms with Gasteiger partial charge in [-0.05, 0) is 26.0 Å². The molecule has 0 aliphatic rings. The number of amides is 1. The van der Waals surface area contributed by atoms with Gasteiger partial charge >= 0.3 is 0 Å². The molecule has 0 aliphatic carbocycles. The molecular weight excluding hydrogens is 214 g/mol. The zero-order chi connectivity index (χ0) is 12.3. The SMILES string of the molecule is Cc1ccc(C(=O)NCc2cn[nH]c2C)cc1. The number of aromatic nitrogens is 2. The van der Waals surface area contributed by atoms with Crippen molar-refractivity contribution in [3.63, 3.8) is 0 Å². The molecule has 0 bridgehead atoms. The predicted octanol–water partition coefficient (Wildman–Crippen LogP) is 1.96. The van der Waals surface area contributed by atoms with Crippen LogP contribution in [-0.2, 0) is 6.54 Å². The molecule has 0 atom stereocenters. The summed E-state index contributed by atoms with van der Waals surface area (Å²) in [6.45, 7) is 4.42. The van der Waals surface area contributed by atoms with Crippen molar-refractivity contribution < 1.29 is 4.79 Å². The van der Waals surface area contributed by atoms with Crippen LogP contribution in [0.2, 0.25) is 0 Å². The Morgan fingerprint density at radius 3 is 2.59 bits per heavy atom. The van der Waals surface area contributed by atoms with E-state index >= 15 is 0 Å². The van der Waals surface area contributed by atoms with E-state index in [1.165, 1.54) is 0 Å². The summed E-state index contributed by atoms with van der Waals surface area (Å²) in [5, 5.41) is 9.61. The molecule has 0 unspecified atom stereocenters. The molecule has 1 aromatic carbocycles. The van der Waals surface area contributed by atoms with Crippen molar-refractivity contribution in [1.82, 2.24) is 15.5 Å². The molecule has 88 valence electrons. The Morgan fingerprint density at radius 2 is 2.00 bits per heavy atom. The minimum Gasteiger partial charge on any atom is -0.348 e. The van der Waals surface area contributed by atoms with Gasteiger partial charge in [-0.2, -0.15) is 5.10 Å². The number of rotatable bonds is 3. The van der Waals surface area contributed by atoms with E-state index in [0.717, 1.165) is 16.8 Å². The molecule has 2 N–H and O–H groups in total. The lowest BCUT2D eigenvalue weighted by Crippen LogP contribution is -2.22. The minimum absolute atomic E-state index is 0.0643. The summed E-state index contributed by atoms with van der Waals surface area (Å²) in [5.74, 6) is -0.0643. The average molecular weight is 229 g/mol. The van der Waals surface area contributed by atoms with Crippen LogP contribution >= 0.6 is 0 Å². The predicted molar refractivity (Wildman–Crippen MR) is 65.7 cm³/mol. The number of hydrogen-bond donors (Lipinski definition) is 2. The van der Waals surface area contributed by atoms with Crippen LogP contribution in [0.25, 0.3) is 0 Å². The molecule has 4 nitrogen and oxygen atoms in total. The van der Waals surface area contributed by atoms with Gasteiger partial charge in [-0.3, -0.25) is 9.89 Å². The van der Waals surface area contributed by atoms with Crippen LogP contribution in [0.5, 0.6) is 0 Å². The van der Waals surface area contributed by atoms with Gasteiger partial charge in [0.15, 0.2) is 0 Å². The molecule has 1 aromatic heterocycles. The molecule has 0 saturated heterocycles. The highest BCUT2D eigenvalue weighted by Gasteiger charge is 2.06. The van der Waals surface area contributed by atoms with Crippen LogP contribution in [0.3, 0.4) is 0 Å². The van der Waals surface area contributed by atoms with E-state index in [-0.39, 0.29) is 5.91 Å². The summed E-state index contributed by atoms with van der Waals surface area (Å²) in [6, 6.07) is 7.51. The van der Waals surface area contributed by atoms with E-state index in [0.29, 0.717) is 12.1 Å². The van der Waals surface area contributed by atoms with Crippen molar-refractivity contribution >= 4 is 5.91 Å². The first-order valence-corrected chi connectivity index (χ1v) is 5.50. The van der Waals surface area contributed by atoms with E-state index in [1.54, 1.807) is 6.20 Å². The molecule has 2 aromatic rings. The Labute approximate surface area is 100 Å². The molecule has 0 radical (unpaired) electrons. The van der Waals surface area contributed by atoms with Crippen LogP contribution in [-0.4, -0.2) is 16.1 Å². The van der Waals surface area contributed by atoms with Crippen molar-refractivity contribution in [2.75, 3.05) is 0 Å². The van der Waals surface area contributed by atoms with Crippen molar-refractivity contribution in [1.29, 1.82) is 0 Å². The normalized spacial score (nSPS) is 10.2. The molecule has 0 saturated carbocycles. The first kappa shape index (κ1) is 11.4. The third-order valence-corrected chi connectivity index (χ3v) is 2.69. The number of hydrogen-bond acceptors (Lipinski definition) is 2. The fraction of sp³-hybridized carbons (Fsp3) is 0.231. The van der Waals surface area contributed by atoms with Gasteiger partial charge in [0.25, 0.3) is 5.91 Å². The quantitative estimate of drug-likeness (QED) is 0.845. The number of carbonyl (C=O) groups excluding carboxylic acids is 1. The second-order valence-corrected chi connectivity index (χ2v) is 4.07. The van der Waals surface area contributed by atoms with Crippen LogP contribution in [0, 0.1) is 13.8 Å². The maximum atomic E-state index is 11.8. The Morgan fingerprint density at radius 1 is 1.29 bits per heavy atom. The number of benzene rings is 1. The van der Waals surface area contributed by atoms with Crippen molar-refractivity contribution in [2.24, 2.45) is 0 Å². The van der Waals surface area contributed by atoms with E-state index in [1.807, 2.05) is 38.1 Å². The highest BCUT2D eigenvalue weighted by molar-refractivity contribution is 5.94. The highest BCUT2D eigenvalue weighted by Crippen LogP contribution is 2.05. The molecular formula is C13H15N3O. The van der Waals surface area contributed by atoms with Gasteiger partial charge < -0.3 is 5.32 Å². The third kappa shape index (κ3) is 2.72. The summed E-state index contributed by atoms with van der Waals surface area (Å²) in [6.07, 6.45) is 1.73. The largest absolute Gasteiger partial charge is 0.348 e. The van der Waals surface area contributed by atoms with Gasteiger partial charge in [-0.1, -0.05) is 17.7 Å². The van der Waals surface area contributed by atoms with Crippen LogP contribution in [0.4, 0.5) is 0 Å². The van der Waals surface area contributed by atoms with Crippen LogP contribution < -0.4 is 5.32 Å². The smallest absolute Gasteiger partial charge is 0.251 e. The molecule has 2 rings (SSSR count). The van der Waals surface area contributed by atoms with Crippen molar-refractivity contribution in [3.8, 4) is 0 Å². The third-order valence-electron chi connectivity index (χ3n) is 2.69. The first-order valence-electron chi connectivity index (χ1n) is 5.50. The number of nitrogens with zero attached hydrogens (tertiary/aromatic N) is 1. The first-order chi connectivity index (χ1) is 8.16. The summed E-state index contributed by atoms with van der Waals surface area (Å²) in [7, 11) is 0. The molecule has 0 fully saturated rings. The van der Waals surface area contributed by atoms with Crippen LogP contribution in [0.15, 0.2) is 30.5 Å². The summed E-state index contributed by atoms with van der Waals surface area (Å²) >= 11 is 0. The number of carbonyl (C=O) groups is 1. The second-order valence-electron chi connectivity index (χ2n) is 4.07. The fourth-order valence-electron chi connectivity index (χ4n) is 1.54. The Balaban J connectivity index is 1.98. The topological polar surface area (TPSA) is 57.8 Å². The van der Waals surface area contributed by atoms with E-state index < -0.39 is 0 Å². The summed E-state index contributed by atoms with van der Waals surface area (Å²) < 4.78 is 0. The number of aryl methyl sites for hydroxylation is 2. The lowest BCUT2D eigenvalue weighted by Gasteiger charge is -2.04. The summed E-state index contributed by atoms with van der Waals surface area (Å²) in [4.78, 5) is 11.8. The van der Waals surface area contributed by atoms with Crippen molar-refractivity contribution in [2.45, 2.75) is 20.4 Å². The second kappa shape index (κ2) is 4.82. The maximum absolute atomic E-state index is 11.8. The van der Waals surface area contributed by atoms with E-state index in [2.05, 4.69) is 15.5 Å². The molecule has 0 aliphatic heterocycles. The monoisotopic (exact) mass is 229 g/mol. The number of aromatic amines is 1. The van der Waals surface area contributed by atoms with Gasteiger partial charge in [0.1, 0.15) is 0 Å². The molecule has 1 amide bonds. The number of nitrogens with one attached hydrogen (secondary N) is 2. The standard InChI is InChI=1S/C13H15N3O/c1-9-3-5-11(6-4-9)13(17)14-7-12-8-15-16-10(12)2/h3-6,8H,7H2,1-2H3,(H,14,17)(H,15,16). The zero-order valence-corrected chi connectivity index (χ0v) is 9.95. The molecule has 4 heteroatoms. The van der Waals surface area contributed by atoms with Gasteiger partial charge in [0.2, 0.25) is 0 Å². The molecule has 1 heterocycles. The van der Waals surface area contributed by atoms with Crippen LogP contribution in [0.1, 0.15) is 27.2 Å².